The minimum absolute atomic E-state index is 0.0236. The fourth-order valence-electron chi connectivity index (χ4n) is 1.41. The van der Waals surface area contributed by atoms with Crippen molar-refractivity contribution in [2.75, 3.05) is 6.54 Å². The molecule has 1 N–H and O–H groups in total. The smallest absolute Gasteiger partial charge is 0.268 e. The third-order valence-electron chi connectivity index (χ3n) is 2.21. The van der Waals surface area contributed by atoms with Crippen LogP contribution in [-0.2, 0) is 4.79 Å². The summed E-state index contributed by atoms with van der Waals surface area (Å²) in [6.45, 7) is 0.0236. The van der Waals surface area contributed by atoms with E-state index in [1.165, 1.54) is 18.2 Å². The van der Waals surface area contributed by atoms with E-state index in [0.29, 0.717) is 5.02 Å². The largest absolute Gasteiger partial charge is 0.353 e. The summed E-state index contributed by atoms with van der Waals surface area (Å²) in [6, 6.07) is 4.42. The van der Waals surface area contributed by atoms with Crippen molar-refractivity contribution in [2.45, 2.75) is 0 Å². The van der Waals surface area contributed by atoms with Gasteiger partial charge in [-0.25, -0.2) is 4.90 Å². The zero-order chi connectivity index (χ0) is 12.6. The highest BCUT2D eigenvalue weighted by Gasteiger charge is 2.32. The van der Waals surface area contributed by atoms with Gasteiger partial charge in [0.25, 0.3) is 11.8 Å². The summed E-state index contributed by atoms with van der Waals surface area (Å²) < 4.78 is 0. The van der Waals surface area contributed by atoms with Gasteiger partial charge in [-0.1, -0.05) is 23.2 Å². The Hall–Kier alpha value is -1.17. The Bertz CT molecular complexity index is 517. The van der Waals surface area contributed by atoms with Crippen LogP contribution in [-0.4, -0.2) is 28.4 Å². The molecule has 0 spiro atoms. The minimum Gasteiger partial charge on any atom is -0.353 e. The summed E-state index contributed by atoms with van der Waals surface area (Å²) in [6.07, 6.45) is 0. The number of nitrogens with zero attached hydrogens (tertiary/aromatic N) is 1. The molecule has 0 radical (unpaired) electrons. The molecule has 1 saturated heterocycles. The molecule has 7 heteroatoms. The number of thiocarbonyl (C=S) groups is 1. The van der Waals surface area contributed by atoms with E-state index in [4.69, 9.17) is 35.4 Å². The number of carbonyl (C=O) groups excluding carboxylic acids is 2. The van der Waals surface area contributed by atoms with Gasteiger partial charge in [0, 0.05) is 5.02 Å². The van der Waals surface area contributed by atoms with Gasteiger partial charge in [0.1, 0.15) is 0 Å². The number of hydrogen-bond acceptors (Lipinski definition) is 3. The van der Waals surface area contributed by atoms with Crippen LogP contribution in [0.2, 0.25) is 10.0 Å². The van der Waals surface area contributed by atoms with Crippen LogP contribution in [0.25, 0.3) is 0 Å². The second kappa shape index (κ2) is 4.60. The van der Waals surface area contributed by atoms with Gasteiger partial charge >= 0.3 is 0 Å². The second-order valence-corrected chi connectivity index (χ2v) is 4.55. The van der Waals surface area contributed by atoms with E-state index in [-0.39, 0.29) is 22.2 Å². The fourth-order valence-corrected chi connectivity index (χ4v) is 2.16. The molecule has 1 heterocycles. The molecule has 1 aliphatic rings. The van der Waals surface area contributed by atoms with Crippen LogP contribution in [0.1, 0.15) is 10.4 Å². The quantitative estimate of drug-likeness (QED) is 0.633. The third kappa shape index (κ3) is 2.26. The van der Waals surface area contributed by atoms with E-state index in [1.807, 2.05) is 0 Å². The van der Waals surface area contributed by atoms with Crippen LogP contribution in [0.4, 0.5) is 0 Å². The fraction of sp³-hybridized carbons (Fsp3) is 0.100. The Kier molecular flexibility index (Phi) is 3.33. The van der Waals surface area contributed by atoms with Crippen LogP contribution in [0.15, 0.2) is 18.2 Å². The first-order valence-corrected chi connectivity index (χ1v) is 5.77. The molecule has 0 atom stereocenters. The first-order valence-electron chi connectivity index (χ1n) is 4.61. The van der Waals surface area contributed by atoms with Gasteiger partial charge in [-0.05, 0) is 30.4 Å². The van der Waals surface area contributed by atoms with E-state index >= 15 is 0 Å². The van der Waals surface area contributed by atoms with Gasteiger partial charge in [-0.3, -0.25) is 9.59 Å². The third-order valence-corrected chi connectivity index (χ3v) is 3.08. The van der Waals surface area contributed by atoms with Crippen LogP contribution in [0.5, 0.6) is 0 Å². The summed E-state index contributed by atoms with van der Waals surface area (Å²) in [5.41, 5.74) is 0.190. The number of rotatable bonds is 1. The summed E-state index contributed by atoms with van der Waals surface area (Å²) in [5.74, 6) is -0.947. The van der Waals surface area contributed by atoms with Gasteiger partial charge in [-0.2, -0.15) is 0 Å². The zero-order valence-corrected chi connectivity index (χ0v) is 10.7. The SMILES string of the molecule is O=C1CNC(=S)N1C(=O)c1ccc(Cl)cc1Cl. The Morgan fingerprint density at radius 3 is 2.65 bits per heavy atom. The molecule has 0 aliphatic carbocycles. The van der Waals surface area contributed by atoms with E-state index < -0.39 is 11.8 Å². The highest BCUT2D eigenvalue weighted by Crippen LogP contribution is 2.23. The van der Waals surface area contributed by atoms with Crippen molar-refractivity contribution in [3.8, 4) is 0 Å². The predicted molar refractivity (Wildman–Crippen MR) is 68.2 cm³/mol. The molecule has 88 valence electrons. The number of carbonyl (C=O) groups is 2. The molecule has 0 aromatic heterocycles. The van der Waals surface area contributed by atoms with Gasteiger partial charge in [0.05, 0.1) is 17.1 Å². The Balaban J connectivity index is 2.37. The van der Waals surface area contributed by atoms with Crippen molar-refractivity contribution < 1.29 is 9.59 Å². The number of nitrogens with one attached hydrogen (secondary N) is 1. The van der Waals surface area contributed by atoms with Crippen LogP contribution in [0, 0.1) is 0 Å². The highest BCUT2D eigenvalue weighted by molar-refractivity contribution is 7.80. The van der Waals surface area contributed by atoms with E-state index in [0.717, 1.165) is 4.90 Å². The number of amides is 2. The maximum Gasteiger partial charge on any atom is 0.268 e. The molecule has 2 amide bonds. The maximum atomic E-state index is 12.0. The summed E-state index contributed by atoms with van der Waals surface area (Å²) >= 11 is 16.5. The number of halogens is 2. The van der Waals surface area contributed by atoms with Crippen molar-refractivity contribution in [2.24, 2.45) is 0 Å². The molecule has 0 unspecified atom stereocenters. The lowest BCUT2D eigenvalue weighted by Gasteiger charge is -2.13. The lowest BCUT2D eigenvalue weighted by Crippen LogP contribution is -2.36. The molecule has 0 bridgehead atoms. The maximum absolute atomic E-state index is 12.0. The monoisotopic (exact) mass is 288 g/mol. The average molecular weight is 289 g/mol. The van der Waals surface area contributed by atoms with Gasteiger partial charge in [0.2, 0.25) is 0 Å². The molecule has 0 saturated carbocycles. The Labute approximate surface area is 112 Å². The lowest BCUT2D eigenvalue weighted by atomic mass is 10.2. The predicted octanol–water partition coefficient (Wildman–Crippen LogP) is 1.85. The molecule has 1 aromatic rings. The van der Waals surface area contributed by atoms with Crippen LogP contribution < -0.4 is 5.32 Å². The second-order valence-electron chi connectivity index (χ2n) is 3.32. The number of hydrogen-bond donors (Lipinski definition) is 1. The summed E-state index contributed by atoms with van der Waals surface area (Å²) in [4.78, 5) is 24.4. The Morgan fingerprint density at radius 2 is 2.12 bits per heavy atom. The molecular weight excluding hydrogens is 283 g/mol. The van der Waals surface area contributed by atoms with Gasteiger partial charge in [0.15, 0.2) is 5.11 Å². The molecule has 2 rings (SSSR count). The minimum atomic E-state index is -0.549. The summed E-state index contributed by atoms with van der Waals surface area (Å²) in [5, 5.41) is 3.31. The normalized spacial score (nSPS) is 15.1. The van der Waals surface area contributed by atoms with Crippen LogP contribution >= 0.6 is 35.4 Å². The standard InChI is InChI=1S/C10H6Cl2N2O2S/c11-5-1-2-6(7(12)3-5)9(16)14-8(15)4-13-10(14)17/h1-3H,4H2,(H,13,17). The van der Waals surface area contributed by atoms with Crippen molar-refractivity contribution in [3.05, 3.63) is 33.8 Å². The molecule has 1 fully saturated rings. The molecular formula is C10H6Cl2N2O2S. The first kappa shape index (κ1) is 12.3. The van der Waals surface area contributed by atoms with Crippen molar-refractivity contribution in [1.29, 1.82) is 0 Å². The van der Waals surface area contributed by atoms with Gasteiger partial charge in [-0.15, -0.1) is 0 Å². The molecule has 1 aliphatic heterocycles. The first-order chi connectivity index (χ1) is 8.00. The van der Waals surface area contributed by atoms with E-state index in [9.17, 15) is 9.59 Å². The topological polar surface area (TPSA) is 49.4 Å². The molecule has 4 nitrogen and oxygen atoms in total. The van der Waals surface area contributed by atoms with Crippen molar-refractivity contribution in [1.82, 2.24) is 10.2 Å². The van der Waals surface area contributed by atoms with Crippen molar-refractivity contribution >= 4 is 52.3 Å². The number of imide groups is 1. The van der Waals surface area contributed by atoms with Gasteiger partial charge < -0.3 is 5.32 Å². The number of benzene rings is 1. The molecule has 17 heavy (non-hydrogen) atoms. The molecule has 1 aromatic carbocycles. The van der Waals surface area contributed by atoms with Crippen LogP contribution in [0.3, 0.4) is 0 Å². The van der Waals surface area contributed by atoms with E-state index in [1.54, 1.807) is 0 Å². The van der Waals surface area contributed by atoms with Crippen molar-refractivity contribution in [3.63, 3.8) is 0 Å². The zero-order valence-electron chi connectivity index (χ0n) is 8.37. The Morgan fingerprint density at radius 1 is 1.41 bits per heavy atom. The average Bonchev–Trinajstić information content (AvgIpc) is 2.58. The summed E-state index contributed by atoms with van der Waals surface area (Å²) in [7, 11) is 0. The highest BCUT2D eigenvalue weighted by atomic mass is 35.5. The lowest BCUT2D eigenvalue weighted by molar-refractivity contribution is -0.122. The van der Waals surface area contributed by atoms with E-state index in [2.05, 4.69) is 5.32 Å².